The van der Waals surface area contributed by atoms with Crippen LogP contribution in [-0.4, -0.2) is 35.5 Å². The molecule has 1 fully saturated rings. The van der Waals surface area contributed by atoms with E-state index in [-0.39, 0.29) is 16.7 Å². The van der Waals surface area contributed by atoms with Gasteiger partial charge in [-0.3, -0.25) is 10.1 Å². The van der Waals surface area contributed by atoms with Crippen molar-refractivity contribution in [2.45, 2.75) is 45.2 Å². The molecule has 1 saturated heterocycles. The maximum absolute atomic E-state index is 11.1. The molecule has 116 valence electrons. The number of hydrogen-bond donors (Lipinski definition) is 1. The summed E-state index contributed by atoms with van der Waals surface area (Å²) in [6.45, 7) is 7.50. The molecule has 0 aromatic heterocycles. The standard InChI is InChI=1S/C16H25N3O2/c1-13(12-18-10-6-3-7-11-18)17-14(2)15-8-4-5-9-16(15)19(20)21/h4-5,8-9,13-14,17H,3,6-7,10-12H2,1-2H3. The van der Waals surface area contributed by atoms with E-state index in [9.17, 15) is 10.1 Å². The summed E-state index contributed by atoms with van der Waals surface area (Å²) in [5.41, 5.74) is 0.954. The number of piperidine rings is 1. The molecule has 1 aliphatic rings. The van der Waals surface area contributed by atoms with E-state index < -0.39 is 0 Å². The molecular formula is C16H25N3O2. The molecule has 5 heteroatoms. The molecule has 1 N–H and O–H groups in total. The van der Waals surface area contributed by atoms with E-state index in [2.05, 4.69) is 17.1 Å². The quantitative estimate of drug-likeness (QED) is 0.646. The van der Waals surface area contributed by atoms with Gasteiger partial charge >= 0.3 is 0 Å². The lowest BCUT2D eigenvalue weighted by Crippen LogP contribution is -2.42. The van der Waals surface area contributed by atoms with Crippen molar-refractivity contribution in [2.75, 3.05) is 19.6 Å². The molecule has 1 aromatic carbocycles. The molecule has 0 spiro atoms. The van der Waals surface area contributed by atoms with Crippen molar-refractivity contribution in [3.05, 3.63) is 39.9 Å². The van der Waals surface area contributed by atoms with Gasteiger partial charge in [-0.1, -0.05) is 24.6 Å². The predicted octanol–water partition coefficient (Wildman–Crippen LogP) is 3.12. The van der Waals surface area contributed by atoms with Crippen molar-refractivity contribution >= 4 is 5.69 Å². The molecule has 1 aliphatic heterocycles. The third kappa shape index (κ3) is 4.51. The van der Waals surface area contributed by atoms with Crippen LogP contribution in [0.4, 0.5) is 5.69 Å². The Balaban J connectivity index is 1.94. The lowest BCUT2D eigenvalue weighted by Gasteiger charge is -2.30. The highest BCUT2D eigenvalue weighted by atomic mass is 16.6. The summed E-state index contributed by atoms with van der Waals surface area (Å²) in [7, 11) is 0. The second-order valence-electron chi connectivity index (χ2n) is 5.97. The number of benzene rings is 1. The highest BCUT2D eigenvalue weighted by Gasteiger charge is 2.20. The average Bonchev–Trinajstić information content (AvgIpc) is 2.48. The van der Waals surface area contributed by atoms with Crippen LogP contribution in [0.5, 0.6) is 0 Å². The summed E-state index contributed by atoms with van der Waals surface area (Å²) < 4.78 is 0. The van der Waals surface area contributed by atoms with Gasteiger partial charge < -0.3 is 10.2 Å². The molecule has 0 bridgehead atoms. The smallest absolute Gasteiger partial charge is 0.274 e. The molecule has 2 unspecified atom stereocenters. The largest absolute Gasteiger partial charge is 0.306 e. The van der Waals surface area contributed by atoms with Gasteiger partial charge in [0.2, 0.25) is 0 Å². The highest BCUT2D eigenvalue weighted by molar-refractivity contribution is 5.41. The Morgan fingerprint density at radius 2 is 1.90 bits per heavy atom. The van der Waals surface area contributed by atoms with Gasteiger partial charge in [0.1, 0.15) is 0 Å². The van der Waals surface area contributed by atoms with E-state index in [1.165, 1.54) is 32.4 Å². The Labute approximate surface area is 126 Å². The van der Waals surface area contributed by atoms with Crippen molar-refractivity contribution in [2.24, 2.45) is 0 Å². The van der Waals surface area contributed by atoms with Crippen LogP contribution < -0.4 is 5.32 Å². The number of nitro benzene ring substituents is 1. The van der Waals surface area contributed by atoms with Crippen LogP contribution in [0.15, 0.2) is 24.3 Å². The maximum atomic E-state index is 11.1. The fourth-order valence-electron chi connectivity index (χ4n) is 3.12. The summed E-state index contributed by atoms with van der Waals surface area (Å²) in [6, 6.07) is 7.28. The number of likely N-dealkylation sites (tertiary alicyclic amines) is 1. The Morgan fingerprint density at radius 3 is 2.57 bits per heavy atom. The summed E-state index contributed by atoms with van der Waals surface area (Å²) in [5.74, 6) is 0. The minimum Gasteiger partial charge on any atom is -0.306 e. The number of rotatable bonds is 6. The zero-order valence-corrected chi connectivity index (χ0v) is 12.9. The second kappa shape index (κ2) is 7.52. The first-order valence-corrected chi connectivity index (χ1v) is 7.79. The van der Waals surface area contributed by atoms with Crippen molar-refractivity contribution in [1.82, 2.24) is 10.2 Å². The molecule has 1 aromatic rings. The number of para-hydroxylation sites is 1. The zero-order valence-electron chi connectivity index (χ0n) is 12.9. The maximum Gasteiger partial charge on any atom is 0.274 e. The Hall–Kier alpha value is -1.46. The van der Waals surface area contributed by atoms with E-state index in [0.717, 1.165) is 12.1 Å². The normalized spacial score (nSPS) is 19.1. The van der Waals surface area contributed by atoms with Crippen LogP contribution in [-0.2, 0) is 0 Å². The molecule has 2 rings (SSSR count). The first-order valence-electron chi connectivity index (χ1n) is 7.79. The SMILES string of the molecule is CC(CN1CCCCC1)NC(C)c1ccccc1[N+](=O)[O-]. The summed E-state index contributed by atoms with van der Waals surface area (Å²) in [6.07, 6.45) is 3.91. The first kappa shape index (κ1) is 15.9. The zero-order chi connectivity index (χ0) is 15.2. The second-order valence-corrected chi connectivity index (χ2v) is 5.97. The number of nitrogens with one attached hydrogen (secondary N) is 1. The van der Waals surface area contributed by atoms with Crippen LogP contribution in [0.25, 0.3) is 0 Å². The lowest BCUT2D eigenvalue weighted by atomic mass is 10.0. The van der Waals surface area contributed by atoms with Gasteiger partial charge in [-0.15, -0.1) is 0 Å². The number of nitrogens with zero attached hydrogens (tertiary/aromatic N) is 2. The fraction of sp³-hybridized carbons (Fsp3) is 0.625. The van der Waals surface area contributed by atoms with E-state index in [1.807, 2.05) is 19.1 Å². The van der Waals surface area contributed by atoms with Gasteiger partial charge in [0, 0.05) is 30.3 Å². The first-order chi connectivity index (χ1) is 10.1. The fourth-order valence-corrected chi connectivity index (χ4v) is 3.12. The van der Waals surface area contributed by atoms with Crippen LogP contribution in [0, 0.1) is 10.1 Å². The van der Waals surface area contributed by atoms with E-state index in [4.69, 9.17) is 0 Å². The van der Waals surface area contributed by atoms with Gasteiger partial charge in [-0.25, -0.2) is 0 Å². The van der Waals surface area contributed by atoms with Crippen molar-refractivity contribution in [3.8, 4) is 0 Å². The lowest BCUT2D eigenvalue weighted by molar-refractivity contribution is -0.385. The van der Waals surface area contributed by atoms with Crippen LogP contribution >= 0.6 is 0 Å². The van der Waals surface area contributed by atoms with Crippen molar-refractivity contribution < 1.29 is 4.92 Å². The van der Waals surface area contributed by atoms with Crippen LogP contribution in [0.1, 0.15) is 44.7 Å². The molecule has 0 aliphatic carbocycles. The molecule has 0 amide bonds. The third-order valence-electron chi connectivity index (χ3n) is 4.12. The van der Waals surface area contributed by atoms with Gasteiger partial charge in [-0.2, -0.15) is 0 Å². The van der Waals surface area contributed by atoms with Gasteiger partial charge in [0.25, 0.3) is 5.69 Å². The number of nitro groups is 1. The van der Waals surface area contributed by atoms with Crippen LogP contribution in [0.3, 0.4) is 0 Å². The highest BCUT2D eigenvalue weighted by Crippen LogP contribution is 2.24. The molecule has 2 atom stereocenters. The van der Waals surface area contributed by atoms with E-state index in [1.54, 1.807) is 12.1 Å². The van der Waals surface area contributed by atoms with Crippen molar-refractivity contribution in [1.29, 1.82) is 0 Å². The Bertz CT molecular complexity index is 472. The molecule has 0 radical (unpaired) electrons. The summed E-state index contributed by atoms with van der Waals surface area (Å²) in [4.78, 5) is 13.3. The predicted molar refractivity (Wildman–Crippen MR) is 84.4 cm³/mol. The molecular weight excluding hydrogens is 266 g/mol. The van der Waals surface area contributed by atoms with E-state index >= 15 is 0 Å². The Kier molecular flexibility index (Phi) is 5.70. The number of hydrogen-bond acceptors (Lipinski definition) is 4. The minimum absolute atomic E-state index is 0.0219. The Morgan fingerprint density at radius 1 is 1.24 bits per heavy atom. The summed E-state index contributed by atoms with van der Waals surface area (Å²) in [5, 5.41) is 14.6. The van der Waals surface area contributed by atoms with Gasteiger partial charge in [0.15, 0.2) is 0 Å². The minimum atomic E-state index is -0.303. The third-order valence-corrected chi connectivity index (χ3v) is 4.12. The van der Waals surface area contributed by atoms with E-state index in [0.29, 0.717) is 6.04 Å². The topological polar surface area (TPSA) is 58.4 Å². The average molecular weight is 291 g/mol. The monoisotopic (exact) mass is 291 g/mol. The van der Waals surface area contributed by atoms with Crippen molar-refractivity contribution in [3.63, 3.8) is 0 Å². The molecule has 1 heterocycles. The van der Waals surface area contributed by atoms with Gasteiger partial charge in [-0.05, 0) is 39.8 Å². The molecule has 0 saturated carbocycles. The summed E-state index contributed by atoms with van der Waals surface area (Å²) >= 11 is 0. The van der Waals surface area contributed by atoms with Gasteiger partial charge in [0.05, 0.1) is 4.92 Å². The molecule has 21 heavy (non-hydrogen) atoms. The molecule has 5 nitrogen and oxygen atoms in total. The van der Waals surface area contributed by atoms with Crippen LogP contribution in [0.2, 0.25) is 0 Å².